The molecular formula is C32H39N3O4. The van der Waals surface area contributed by atoms with Crippen LogP contribution in [0.15, 0.2) is 72.8 Å². The number of carbonyl (C=O) groups excluding carboxylic acids is 2. The molecule has 1 saturated heterocycles. The second kappa shape index (κ2) is 14.3. The highest BCUT2D eigenvalue weighted by Crippen LogP contribution is 2.25. The van der Waals surface area contributed by atoms with Gasteiger partial charge in [-0.25, -0.2) is 4.79 Å². The van der Waals surface area contributed by atoms with Gasteiger partial charge in [0, 0.05) is 23.1 Å². The number of aromatic nitrogens is 1. The van der Waals surface area contributed by atoms with Crippen molar-refractivity contribution in [2.45, 2.75) is 63.8 Å². The molecule has 1 aromatic heterocycles. The van der Waals surface area contributed by atoms with Gasteiger partial charge in [-0.1, -0.05) is 74.6 Å². The minimum atomic E-state index is -1.01. The second-order valence-electron chi connectivity index (χ2n) is 10.4. The number of hydrogen-bond donors (Lipinski definition) is 3. The summed E-state index contributed by atoms with van der Waals surface area (Å²) in [6.45, 7) is 0.750. The van der Waals surface area contributed by atoms with Gasteiger partial charge in [0.1, 0.15) is 5.69 Å². The van der Waals surface area contributed by atoms with Gasteiger partial charge in [-0.05, 0) is 61.9 Å². The van der Waals surface area contributed by atoms with Gasteiger partial charge in [-0.2, -0.15) is 0 Å². The number of anilines is 1. The zero-order chi connectivity index (χ0) is 27.5. The van der Waals surface area contributed by atoms with Gasteiger partial charge in [-0.3, -0.25) is 9.59 Å². The smallest absolute Gasteiger partial charge is 0.352 e. The number of nitrogens with one attached hydrogen (secondary N) is 2. The number of benzene rings is 2. The molecule has 0 bridgehead atoms. The van der Waals surface area contributed by atoms with Crippen LogP contribution in [0.4, 0.5) is 5.69 Å². The number of Topliss-reactive ketones (excluding diaryl/α,β-unsaturated/α-hetero) is 1. The molecule has 1 saturated carbocycles. The lowest BCUT2D eigenvalue weighted by Crippen LogP contribution is -2.42. The number of allylic oxidation sites excluding steroid dienone is 1. The van der Waals surface area contributed by atoms with Crippen molar-refractivity contribution in [1.29, 1.82) is 0 Å². The highest BCUT2D eigenvalue weighted by atomic mass is 16.4. The van der Waals surface area contributed by atoms with Crippen LogP contribution in [-0.4, -0.2) is 51.8 Å². The SMILES string of the molecule is O=C(O)c1cc2cc(NCC(=O)C3CCCN3C(=O)/C=C/C3CCCCCCC3)ccc2[nH]1.c1ccccc1. The zero-order valence-electron chi connectivity index (χ0n) is 22.5. The third kappa shape index (κ3) is 8.31. The quantitative estimate of drug-likeness (QED) is 0.306. The molecule has 0 spiro atoms. The van der Waals surface area contributed by atoms with E-state index in [4.69, 9.17) is 5.11 Å². The molecule has 2 fully saturated rings. The van der Waals surface area contributed by atoms with Crippen LogP contribution in [0, 0.1) is 5.92 Å². The van der Waals surface area contributed by atoms with Crippen LogP contribution in [0.3, 0.4) is 0 Å². The molecule has 0 radical (unpaired) electrons. The molecule has 7 heteroatoms. The highest BCUT2D eigenvalue weighted by molar-refractivity contribution is 5.97. The first-order chi connectivity index (χ1) is 19.0. The fourth-order valence-corrected chi connectivity index (χ4v) is 5.41. The molecule has 39 heavy (non-hydrogen) atoms. The third-order valence-corrected chi connectivity index (χ3v) is 7.55. The van der Waals surface area contributed by atoms with Crippen molar-refractivity contribution in [2.75, 3.05) is 18.4 Å². The minimum Gasteiger partial charge on any atom is -0.477 e. The van der Waals surface area contributed by atoms with E-state index in [2.05, 4.69) is 16.4 Å². The molecule has 206 valence electrons. The molecule has 2 aromatic carbocycles. The van der Waals surface area contributed by atoms with E-state index >= 15 is 0 Å². The Morgan fingerprint density at radius 2 is 1.56 bits per heavy atom. The number of H-pyrrole nitrogens is 1. The summed E-state index contributed by atoms with van der Waals surface area (Å²) in [7, 11) is 0. The summed E-state index contributed by atoms with van der Waals surface area (Å²) < 4.78 is 0. The highest BCUT2D eigenvalue weighted by Gasteiger charge is 2.32. The van der Waals surface area contributed by atoms with E-state index in [0.29, 0.717) is 18.9 Å². The van der Waals surface area contributed by atoms with Crippen molar-refractivity contribution >= 4 is 34.3 Å². The average molecular weight is 530 g/mol. The van der Waals surface area contributed by atoms with Crippen LogP contribution in [0.2, 0.25) is 0 Å². The van der Waals surface area contributed by atoms with Crippen LogP contribution in [0.25, 0.3) is 10.9 Å². The fraction of sp³-hybridized carbons (Fsp3) is 0.406. The van der Waals surface area contributed by atoms with Crippen LogP contribution in [-0.2, 0) is 9.59 Å². The van der Waals surface area contributed by atoms with E-state index < -0.39 is 5.97 Å². The molecule has 1 aliphatic carbocycles. The number of rotatable bonds is 7. The number of aromatic amines is 1. The largest absolute Gasteiger partial charge is 0.477 e. The topological polar surface area (TPSA) is 102 Å². The van der Waals surface area contributed by atoms with Gasteiger partial charge in [0.15, 0.2) is 5.78 Å². The van der Waals surface area contributed by atoms with Crippen LogP contribution < -0.4 is 5.32 Å². The number of ketones is 1. The van der Waals surface area contributed by atoms with Gasteiger partial charge >= 0.3 is 5.97 Å². The first-order valence-electron chi connectivity index (χ1n) is 14.1. The summed E-state index contributed by atoms with van der Waals surface area (Å²) in [6.07, 6.45) is 14.0. The number of nitrogens with zero attached hydrogens (tertiary/aromatic N) is 1. The van der Waals surface area contributed by atoms with Crippen molar-refractivity contribution < 1.29 is 19.5 Å². The summed E-state index contributed by atoms with van der Waals surface area (Å²) in [5, 5.41) is 13.0. The van der Waals surface area contributed by atoms with Gasteiger partial charge < -0.3 is 20.3 Å². The monoisotopic (exact) mass is 529 g/mol. The number of aromatic carboxylic acids is 1. The molecule has 2 aliphatic rings. The zero-order valence-corrected chi connectivity index (χ0v) is 22.5. The fourth-order valence-electron chi connectivity index (χ4n) is 5.41. The van der Waals surface area contributed by atoms with E-state index in [-0.39, 0.29) is 30.0 Å². The number of carboxylic acids is 1. The van der Waals surface area contributed by atoms with Crippen LogP contribution in [0.1, 0.15) is 68.3 Å². The molecule has 5 rings (SSSR count). The lowest BCUT2D eigenvalue weighted by Gasteiger charge is -2.23. The predicted octanol–water partition coefficient (Wildman–Crippen LogP) is 6.44. The minimum absolute atomic E-state index is 0.000551. The lowest BCUT2D eigenvalue weighted by molar-refractivity contribution is -0.133. The lowest BCUT2D eigenvalue weighted by atomic mass is 9.91. The Morgan fingerprint density at radius 3 is 2.23 bits per heavy atom. The molecule has 7 nitrogen and oxygen atoms in total. The van der Waals surface area contributed by atoms with Gasteiger partial charge in [0.05, 0.1) is 12.6 Å². The van der Waals surface area contributed by atoms with E-state index in [1.807, 2.05) is 48.5 Å². The number of fused-ring (bicyclic) bond motifs is 1. The number of hydrogen-bond acceptors (Lipinski definition) is 4. The first-order valence-corrected chi connectivity index (χ1v) is 14.1. The summed E-state index contributed by atoms with van der Waals surface area (Å²) in [5.41, 5.74) is 1.60. The maximum absolute atomic E-state index is 12.9. The van der Waals surface area contributed by atoms with E-state index in [1.165, 1.54) is 32.1 Å². The van der Waals surface area contributed by atoms with Gasteiger partial charge in [0.25, 0.3) is 0 Å². The Balaban J connectivity index is 0.000000519. The molecule has 1 atom stereocenters. The number of amides is 1. The summed E-state index contributed by atoms with van der Waals surface area (Å²) >= 11 is 0. The van der Waals surface area contributed by atoms with Crippen molar-refractivity contribution in [1.82, 2.24) is 9.88 Å². The Kier molecular flexibility index (Phi) is 10.3. The van der Waals surface area contributed by atoms with E-state index in [1.54, 1.807) is 23.1 Å². The summed E-state index contributed by atoms with van der Waals surface area (Å²) in [5.74, 6) is -0.591. The summed E-state index contributed by atoms with van der Waals surface area (Å²) in [4.78, 5) is 41.5. The molecule has 3 N–H and O–H groups in total. The second-order valence-corrected chi connectivity index (χ2v) is 10.4. The molecule has 1 amide bonds. The average Bonchev–Trinajstić information content (AvgIpc) is 3.60. The van der Waals surface area contributed by atoms with Crippen molar-refractivity contribution in [2.24, 2.45) is 5.92 Å². The van der Waals surface area contributed by atoms with Crippen LogP contribution in [0.5, 0.6) is 0 Å². The van der Waals surface area contributed by atoms with E-state index in [0.717, 1.165) is 35.9 Å². The Bertz CT molecular complexity index is 1230. The molecule has 2 heterocycles. The number of likely N-dealkylation sites (tertiary alicyclic amines) is 1. The van der Waals surface area contributed by atoms with Gasteiger partial charge in [0.2, 0.25) is 5.91 Å². The van der Waals surface area contributed by atoms with Crippen molar-refractivity contribution in [3.8, 4) is 0 Å². The van der Waals surface area contributed by atoms with Gasteiger partial charge in [-0.15, -0.1) is 0 Å². The normalized spacial score (nSPS) is 18.3. The molecule has 1 unspecified atom stereocenters. The maximum atomic E-state index is 12.9. The van der Waals surface area contributed by atoms with E-state index in [9.17, 15) is 14.4 Å². The Labute approximate surface area is 230 Å². The number of carbonyl (C=O) groups is 3. The van der Waals surface area contributed by atoms with Crippen molar-refractivity contribution in [3.63, 3.8) is 0 Å². The Hall–Kier alpha value is -3.87. The van der Waals surface area contributed by atoms with Crippen LogP contribution >= 0.6 is 0 Å². The molecule has 3 aromatic rings. The standard InChI is InChI=1S/C26H33N3O4.C6H6/c30-24(17-27-20-11-12-21-19(15-20)16-22(28-21)26(32)33)23-9-6-14-29(23)25(31)13-10-18-7-4-2-1-3-5-8-18;1-2-4-6-5-3-1/h10-13,15-16,18,23,27-28H,1-9,14,17H2,(H,32,33);1-6H/b13-10+;. The third-order valence-electron chi connectivity index (χ3n) is 7.55. The maximum Gasteiger partial charge on any atom is 0.352 e. The Morgan fingerprint density at radius 1 is 0.897 bits per heavy atom. The molecule has 1 aliphatic heterocycles. The first kappa shape index (κ1) is 28.1. The summed E-state index contributed by atoms with van der Waals surface area (Å²) in [6, 6.07) is 18.6. The molecular weight excluding hydrogens is 490 g/mol. The van der Waals surface area contributed by atoms with Crippen molar-refractivity contribution in [3.05, 3.63) is 78.5 Å². The number of carboxylic acid groups (broad SMARTS) is 1. The predicted molar refractivity (Wildman–Crippen MR) is 155 cm³/mol.